The monoisotopic (exact) mass is 384 g/mol. The van der Waals surface area contributed by atoms with Gasteiger partial charge in [0.25, 0.3) is 5.69 Å². The Morgan fingerprint density at radius 2 is 1.95 bits per heavy atom. The molecule has 0 aliphatic carbocycles. The molecule has 2 rings (SSSR count). The summed E-state index contributed by atoms with van der Waals surface area (Å²) in [4.78, 5) is 10.2. The second-order valence-electron chi connectivity index (χ2n) is 3.66. The number of nitrogens with zero attached hydrogens (tertiary/aromatic N) is 3. The Kier molecular flexibility index (Phi) is 4.82. The lowest BCUT2D eigenvalue weighted by Gasteiger charge is -2.04. The van der Waals surface area contributed by atoms with Gasteiger partial charge in [0, 0.05) is 15.3 Å². The Balaban J connectivity index is 2.36. The molecule has 1 aromatic carbocycles. The number of nitrogens with one attached hydrogen (secondary N) is 1. The first-order chi connectivity index (χ1) is 9.65. The summed E-state index contributed by atoms with van der Waals surface area (Å²) < 4.78 is 5.60. The van der Waals surface area contributed by atoms with Gasteiger partial charge in [-0.25, -0.2) is 4.63 Å². The summed E-state index contributed by atoms with van der Waals surface area (Å²) in [5.74, 6) is 0. The molecule has 0 aliphatic rings. The summed E-state index contributed by atoms with van der Waals surface area (Å²) in [6, 6.07) is 10.5. The molecular formula is C12H9IN4O3. The second kappa shape index (κ2) is 6.80. The first kappa shape index (κ1) is 14.2. The zero-order valence-electron chi connectivity index (χ0n) is 10.1. The van der Waals surface area contributed by atoms with Crippen molar-refractivity contribution in [1.82, 2.24) is 10.3 Å². The summed E-state index contributed by atoms with van der Waals surface area (Å²) in [5, 5.41) is 20.7. The van der Waals surface area contributed by atoms with Crippen molar-refractivity contribution in [2.45, 2.75) is 0 Å². The van der Waals surface area contributed by atoms with Crippen molar-refractivity contribution in [2.24, 2.45) is 0 Å². The molecule has 0 saturated heterocycles. The van der Waals surface area contributed by atoms with Gasteiger partial charge in [-0.1, -0.05) is 16.4 Å². The molecule has 0 bridgehead atoms. The Morgan fingerprint density at radius 1 is 1.15 bits per heavy atom. The van der Waals surface area contributed by atoms with Crippen LogP contribution in [0.25, 0.3) is 0 Å². The summed E-state index contributed by atoms with van der Waals surface area (Å²) in [5.41, 5.74) is 1.18. The average Bonchev–Trinajstić information content (AvgIpc) is 2.51. The number of hydrogen-bond donors (Lipinski definition) is 1. The van der Waals surface area contributed by atoms with E-state index >= 15 is 0 Å². The van der Waals surface area contributed by atoms with Gasteiger partial charge in [-0.3, -0.25) is 10.1 Å². The number of aromatic nitrogens is 2. The highest BCUT2D eigenvalue weighted by molar-refractivity contribution is 14.1. The maximum Gasteiger partial charge on any atom is 0.291 e. The number of nitro groups is 1. The molecule has 0 radical (unpaired) electrons. The summed E-state index contributed by atoms with van der Waals surface area (Å²) in [6.07, 6.45) is 2.37. The van der Waals surface area contributed by atoms with Crippen LogP contribution in [0.3, 0.4) is 0 Å². The highest BCUT2D eigenvalue weighted by Gasteiger charge is 2.02. The van der Waals surface area contributed by atoms with Crippen molar-refractivity contribution in [3.63, 3.8) is 0 Å². The normalized spacial score (nSPS) is 9.65. The van der Waals surface area contributed by atoms with Crippen LogP contribution in [-0.4, -0.2) is 15.2 Å². The van der Waals surface area contributed by atoms with Crippen molar-refractivity contribution in [3.05, 3.63) is 62.5 Å². The molecule has 7 nitrogen and oxygen atoms in total. The lowest BCUT2D eigenvalue weighted by Crippen LogP contribution is -1.89. The first-order valence-electron chi connectivity index (χ1n) is 5.47. The van der Waals surface area contributed by atoms with Crippen LogP contribution in [0.1, 0.15) is 0 Å². The van der Waals surface area contributed by atoms with Crippen LogP contribution in [-0.2, 0) is 0 Å². The molecule has 102 valence electrons. The molecule has 8 heteroatoms. The van der Waals surface area contributed by atoms with Crippen molar-refractivity contribution < 1.29 is 9.55 Å². The molecular weight excluding hydrogens is 375 g/mol. The number of halogens is 1. The number of hydrogen-bond acceptors (Lipinski definition) is 6. The highest BCUT2D eigenvalue weighted by Crippen LogP contribution is 2.18. The van der Waals surface area contributed by atoms with Crippen LogP contribution in [0.2, 0.25) is 0 Å². The molecule has 0 aliphatic heterocycles. The molecule has 1 aromatic heterocycles. The van der Waals surface area contributed by atoms with Crippen LogP contribution in [0.4, 0.5) is 17.1 Å². The van der Waals surface area contributed by atoms with Crippen molar-refractivity contribution in [2.75, 3.05) is 5.32 Å². The van der Waals surface area contributed by atoms with E-state index in [1.54, 1.807) is 0 Å². The van der Waals surface area contributed by atoms with Gasteiger partial charge in [-0.2, -0.15) is 0 Å². The van der Waals surface area contributed by atoms with Gasteiger partial charge in [-0.05, 0) is 46.9 Å². The van der Waals surface area contributed by atoms with E-state index < -0.39 is 4.92 Å². The van der Waals surface area contributed by atoms with Crippen LogP contribution in [0.5, 0.6) is 0 Å². The van der Waals surface area contributed by atoms with Crippen LogP contribution in [0, 0.1) is 13.7 Å². The van der Waals surface area contributed by atoms with Crippen molar-refractivity contribution >= 4 is 39.7 Å². The fraction of sp³-hybridized carbons (Fsp3) is 0. The second-order valence-corrected chi connectivity index (χ2v) is 4.90. The Morgan fingerprint density at radius 3 is 2.70 bits per heavy atom. The minimum atomic E-state index is -0.558. The summed E-state index contributed by atoms with van der Waals surface area (Å²) in [7, 11) is 0. The Bertz CT molecular complexity index is 673. The number of anilines is 2. The van der Waals surface area contributed by atoms with E-state index in [0.29, 0.717) is 5.69 Å². The van der Waals surface area contributed by atoms with Crippen molar-refractivity contribution in [3.8, 4) is 0 Å². The third-order valence-corrected chi connectivity index (χ3v) is 2.90. The first-order valence-corrected chi connectivity index (χ1v) is 6.55. The molecule has 0 saturated carbocycles. The smallest absolute Gasteiger partial charge is 0.291 e. The van der Waals surface area contributed by atoms with Gasteiger partial charge in [0.15, 0.2) is 0 Å². The maximum atomic E-state index is 10.7. The van der Waals surface area contributed by atoms with E-state index in [9.17, 15) is 10.1 Å². The predicted molar refractivity (Wildman–Crippen MR) is 81.0 cm³/mol. The molecule has 20 heavy (non-hydrogen) atoms. The van der Waals surface area contributed by atoms with Crippen molar-refractivity contribution in [1.29, 1.82) is 0 Å². The highest BCUT2D eigenvalue weighted by atomic mass is 127. The Hall–Kier alpha value is -2.23. The fourth-order valence-corrected chi connectivity index (χ4v) is 1.90. The van der Waals surface area contributed by atoms with Gasteiger partial charge in [0.05, 0.1) is 16.8 Å². The van der Waals surface area contributed by atoms with E-state index in [-0.39, 0.29) is 5.69 Å². The number of rotatable bonds is 3. The van der Waals surface area contributed by atoms with Gasteiger partial charge in [0.2, 0.25) is 0 Å². The SMILES string of the molecule is O=[N+]([O-])c1ccc(Nc2cccc(I)c2)cnonc1. The molecule has 2 aromatic rings. The minimum Gasteiger partial charge on any atom is -0.354 e. The van der Waals surface area contributed by atoms with E-state index in [1.165, 1.54) is 18.3 Å². The zero-order chi connectivity index (χ0) is 14.4. The van der Waals surface area contributed by atoms with Crippen LogP contribution in [0.15, 0.2) is 53.4 Å². The molecule has 0 unspecified atom stereocenters. The fourth-order valence-electron chi connectivity index (χ4n) is 1.36. The largest absolute Gasteiger partial charge is 0.354 e. The predicted octanol–water partition coefficient (Wildman–Crippen LogP) is 3.45. The van der Waals surface area contributed by atoms with E-state index in [2.05, 4.69) is 42.9 Å². The quantitative estimate of drug-likeness (QED) is 0.495. The Labute approximate surface area is 127 Å². The molecule has 0 spiro atoms. The van der Waals surface area contributed by atoms with Crippen LogP contribution < -0.4 is 5.32 Å². The van der Waals surface area contributed by atoms with Gasteiger partial charge in [0.1, 0.15) is 6.20 Å². The molecule has 1 heterocycles. The van der Waals surface area contributed by atoms with E-state index in [0.717, 1.165) is 15.5 Å². The van der Waals surface area contributed by atoms with E-state index in [1.807, 2.05) is 24.3 Å². The molecule has 0 amide bonds. The standard InChI is InChI=1S/C12H9IN4O3/c13-9-2-1-3-10(6-9)16-11-4-5-12(17(18)19)8-15-20-14-7-11/h1-8,16H. The molecule has 0 fully saturated rings. The third-order valence-electron chi connectivity index (χ3n) is 2.23. The van der Waals surface area contributed by atoms with Gasteiger partial charge >= 0.3 is 0 Å². The zero-order valence-corrected chi connectivity index (χ0v) is 12.2. The topological polar surface area (TPSA) is 94.1 Å². The molecule has 0 atom stereocenters. The number of benzene rings is 1. The lowest BCUT2D eigenvalue weighted by molar-refractivity contribution is -0.385. The summed E-state index contributed by atoms with van der Waals surface area (Å²) in [6.45, 7) is 0. The average molecular weight is 384 g/mol. The lowest BCUT2D eigenvalue weighted by atomic mass is 10.3. The van der Waals surface area contributed by atoms with Gasteiger partial charge < -0.3 is 5.32 Å². The maximum absolute atomic E-state index is 10.7. The third kappa shape index (κ3) is 4.16. The van der Waals surface area contributed by atoms with Crippen LogP contribution >= 0.6 is 22.6 Å². The van der Waals surface area contributed by atoms with E-state index in [4.69, 9.17) is 0 Å². The van der Waals surface area contributed by atoms with Gasteiger partial charge in [-0.15, -0.1) is 0 Å². The summed E-state index contributed by atoms with van der Waals surface area (Å²) >= 11 is 2.19. The molecule has 1 N–H and O–H groups in total. The minimum absolute atomic E-state index is 0.197.